The van der Waals surface area contributed by atoms with Gasteiger partial charge in [-0.25, -0.2) is 9.66 Å². The van der Waals surface area contributed by atoms with E-state index in [-0.39, 0.29) is 10.9 Å². The maximum Gasteiger partial charge on any atom is 0.416 e. The van der Waals surface area contributed by atoms with Crippen molar-refractivity contribution in [2.24, 2.45) is 0 Å². The molecule has 2 N–H and O–H groups in total. The first-order chi connectivity index (χ1) is 11.4. The number of nitrogens with two attached hydrogens (primary N) is 1. The van der Waals surface area contributed by atoms with Crippen LogP contribution in [0.25, 0.3) is 10.9 Å². The quantitative estimate of drug-likeness (QED) is 0.446. The van der Waals surface area contributed by atoms with Gasteiger partial charge in [0.2, 0.25) is 0 Å². The predicted octanol–water partition coefficient (Wildman–Crippen LogP) is 3.42. The molecule has 0 aliphatic rings. The van der Waals surface area contributed by atoms with Crippen molar-refractivity contribution >= 4 is 22.7 Å². The second kappa shape index (κ2) is 6.20. The van der Waals surface area contributed by atoms with Gasteiger partial charge in [0.1, 0.15) is 0 Å². The van der Waals surface area contributed by atoms with E-state index in [1.165, 1.54) is 6.07 Å². The van der Waals surface area contributed by atoms with Crippen LogP contribution in [-0.4, -0.2) is 9.66 Å². The molecule has 0 unspecified atom stereocenters. The second-order valence-corrected chi connectivity index (χ2v) is 6.02. The fourth-order valence-corrected chi connectivity index (χ4v) is 3.07. The number of nitrogens with zero attached hydrogens (tertiary/aromatic N) is 2. The van der Waals surface area contributed by atoms with Crippen LogP contribution in [0.4, 0.5) is 13.2 Å². The molecule has 0 atom stereocenters. The summed E-state index contributed by atoms with van der Waals surface area (Å²) in [6.45, 7) is 0. The number of hydrogen-bond acceptors (Lipinski definition) is 4. The molecule has 4 nitrogen and oxygen atoms in total. The van der Waals surface area contributed by atoms with Gasteiger partial charge < -0.3 is 5.84 Å². The summed E-state index contributed by atoms with van der Waals surface area (Å²) in [6, 6.07) is 11.8. The first-order valence-electron chi connectivity index (χ1n) is 6.92. The Bertz CT molecular complexity index is 953. The summed E-state index contributed by atoms with van der Waals surface area (Å²) in [5, 5.41) is 0.638. The minimum absolute atomic E-state index is 0.214. The molecule has 0 amide bonds. The van der Waals surface area contributed by atoms with Gasteiger partial charge in [0, 0.05) is 5.75 Å². The molecular weight excluding hydrogens is 339 g/mol. The molecule has 0 saturated carbocycles. The molecular formula is C16H12F3N3OS. The van der Waals surface area contributed by atoms with Gasteiger partial charge in [0.15, 0.2) is 5.16 Å². The van der Waals surface area contributed by atoms with Gasteiger partial charge in [-0.3, -0.25) is 4.79 Å². The molecule has 24 heavy (non-hydrogen) atoms. The van der Waals surface area contributed by atoms with Crippen molar-refractivity contribution in [3.05, 3.63) is 70.0 Å². The van der Waals surface area contributed by atoms with Crippen molar-refractivity contribution in [3.63, 3.8) is 0 Å². The number of hydrogen-bond donors (Lipinski definition) is 1. The number of para-hydroxylation sites is 1. The highest BCUT2D eigenvalue weighted by Crippen LogP contribution is 2.31. The van der Waals surface area contributed by atoms with Gasteiger partial charge in [0.05, 0.1) is 16.5 Å². The molecule has 1 heterocycles. The number of halogens is 3. The summed E-state index contributed by atoms with van der Waals surface area (Å²) in [6.07, 6.45) is -4.39. The summed E-state index contributed by atoms with van der Waals surface area (Å²) in [7, 11) is 0. The van der Waals surface area contributed by atoms with Crippen LogP contribution < -0.4 is 11.4 Å². The van der Waals surface area contributed by atoms with E-state index in [1.807, 2.05) is 0 Å². The van der Waals surface area contributed by atoms with Crippen molar-refractivity contribution in [2.75, 3.05) is 5.84 Å². The zero-order valence-corrected chi connectivity index (χ0v) is 13.1. The van der Waals surface area contributed by atoms with Crippen LogP contribution in [0.5, 0.6) is 0 Å². The molecule has 1 aromatic heterocycles. The number of benzene rings is 2. The van der Waals surface area contributed by atoms with E-state index in [0.717, 1.165) is 28.6 Å². The molecule has 0 bridgehead atoms. The number of fused-ring (bicyclic) bond motifs is 1. The standard InChI is InChI=1S/C16H12F3N3OS/c17-16(18,19)11-5-3-4-10(8-11)9-24-15-21-13-7-2-1-6-12(13)14(23)22(15)20/h1-8H,9,20H2. The maximum atomic E-state index is 12.7. The predicted molar refractivity (Wildman–Crippen MR) is 87.2 cm³/mol. The highest BCUT2D eigenvalue weighted by Gasteiger charge is 2.30. The molecule has 2 aromatic carbocycles. The average Bonchev–Trinajstić information content (AvgIpc) is 2.56. The highest BCUT2D eigenvalue weighted by molar-refractivity contribution is 7.98. The third-order valence-electron chi connectivity index (χ3n) is 3.40. The average molecular weight is 351 g/mol. The number of nitrogen functional groups attached to an aromatic ring is 1. The molecule has 3 aromatic rings. The lowest BCUT2D eigenvalue weighted by Crippen LogP contribution is -2.29. The summed E-state index contributed by atoms with van der Waals surface area (Å²) in [4.78, 5) is 16.5. The Kier molecular flexibility index (Phi) is 4.23. The topological polar surface area (TPSA) is 60.9 Å². The van der Waals surface area contributed by atoms with Crippen molar-refractivity contribution in [3.8, 4) is 0 Å². The molecule has 0 aliphatic heterocycles. The third-order valence-corrected chi connectivity index (χ3v) is 4.42. The number of rotatable bonds is 3. The van der Waals surface area contributed by atoms with Gasteiger partial charge >= 0.3 is 6.18 Å². The SMILES string of the molecule is Nn1c(SCc2cccc(C(F)(F)F)c2)nc2ccccc2c1=O. The summed E-state index contributed by atoms with van der Waals surface area (Å²) < 4.78 is 39.1. The Balaban J connectivity index is 1.89. The van der Waals surface area contributed by atoms with E-state index in [4.69, 9.17) is 5.84 Å². The Morgan fingerprint density at radius 3 is 2.62 bits per heavy atom. The first kappa shape index (κ1) is 16.4. The van der Waals surface area contributed by atoms with E-state index in [9.17, 15) is 18.0 Å². The van der Waals surface area contributed by atoms with Crippen molar-refractivity contribution in [1.29, 1.82) is 0 Å². The van der Waals surface area contributed by atoms with E-state index < -0.39 is 17.3 Å². The Hall–Kier alpha value is -2.48. The van der Waals surface area contributed by atoms with Crippen LogP contribution >= 0.6 is 11.8 Å². The molecule has 3 rings (SSSR count). The largest absolute Gasteiger partial charge is 0.416 e. The minimum Gasteiger partial charge on any atom is -0.334 e. The smallest absolute Gasteiger partial charge is 0.334 e. The molecule has 124 valence electrons. The summed E-state index contributed by atoms with van der Waals surface area (Å²) >= 11 is 1.11. The lowest BCUT2D eigenvalue weighted by atomic mass is 10.1. The molecule has 8 heteroatoms. The monoisotopic (exact) mass is 351 g/mol. The van der Waals surface area contributed by atoms with E-state index in [2.05, 4.69) is 4.98 Å². The van der Waals surface area contributed by atoms with Gasteiger partial charge in [-0.15, -0.1) is 0 Å². The number of alkyl halides is 3. The maximum absolute atomic E-state index is 12.7. The summed E-state index contributed by atoms with van der Waals surface area (Å²) in [5.74, 6) is 5.97. The molecule has 0 saturated heterocycles. The van der Waals surface area contributed by atoms with Crippen molar-refractivity contribution in [2.45, 2.75) is 17.1 Å². The molecule has 0 spiro atoms. The zero-order valence-electron chi connectivity index (χ0n) is 12.2. The molecule has 0 aliphatic carbocycles. The number of thioether (sulfide) groups is 1. The van der Waals surface area contributed by atoms with Crippen molar-refractivity contribution in [1.82, 2.24) is 9.66 Å². The van der Waals surface area contributed by atoms with Gasteiger partial charge in [0.25, 0.3) is 5.56 Å². The normalized spacial score (nSPS) is 11.8. The fourth-order valence-electron chi connectivity index (χ4n) is 2.21. The van der Waals surface area contributed by atoms with E-state index >= 15 is 0 Å². The second-order valence-electron chi connectivity index (χ2n) is 5.07. The van der Waals surface area contributed by atoms with Gasteiger partial charge in [-0.05, 0) is 23.8 Å². The third kappa shape index (κ3) is 3.23. The lowest BCUT2D eigenvalue weighted by Gasteiger charge is -2.10. The molecule has 0 fully saturated rings. The van der Waals surface area contributed by atoms with Gasteiger partial charge in [-0.2, -0.15) is 13.2 Å². The lowest BCUT2D eigenvalue weighted by molar-refractivity contribution is -0.137. The fraction of sp³-hybridized carbons (Fsp3) is 0.125. The molecule has 0 radical (unpaired) electrons. The highest BCUT2D eigenvalue weighted by atomic mass is 32.2. The Morgan fingerprint density at radius 1 is 1.12 bits per heavy atom. The number of aromatic nitrogens is 2. The minimum atomic E-state index is -4.39. The van der Waals surface area contributed by atoms with Crippen LogP contribution in [0.15, 0.2) is 58.5 Å². The van der Waals surface area contributed by atoms with Crippen LogP contribution in [0, 0.1) is 0 Å². The van der Waals surface area contributed by atoms with Crippen LogP contribution in [0.3, 0.4) is 0 Å². The van der Waals surface area contributed by atoms with Crippen LogP contribution in [0.2, 0.25) is 0 Å². The van der Waals surface area contributed by atoms with E-state index in [0.29, 0.717) is 16.5 Å². The van der Waals surface area contributed by atoms with Crippen LogP contribution in [-0.2, 0) is 11.9 Å². The Morgan fingerprint density at radius 2 is 1.88 bits per heavy atom. The van der Waals surface area contributed by atoms with Crippen molar-refractivity contribution < 1.29 is 13.2 Å². The van der Waals surface area contributed by atoms with Gasteiger partial charge in [-0.1, -0.05) is 42.1 Å². The first-order valence-corrected chi connectivity index (χ1v) is 7.90. The van der Waals surface area contributed by atoms with Crippen LogP contribution in [0.1, 0.15) is 11.1 Å². The Labute approximate surface area is 139 Å². The summed E-state index contributed by atoms with van der Waals surface area (Å²) in [5.41, 5.74) is -0.141. The zero-order chi connectivity index (χ0) is 17.3. The van der Waals surface area contributed by atoms with E-state index in [1.54, 1.807) is 30.3 Å².